The summed E-state index contributed by atoms with van der Waals surface area (Å²) in [6.07, 6.45) is 5.03. The van der Waals surface area contributed by atoms with Crippen molar-refractivity contribution in [3.05, 3.63) is 36.5 Å². The van der Waals surface area contributed by atoms with Gasteiger partial charge in [0.1, 0.15) is 5.82 Å². The monoisotopic (exact) mass is 261 g/mol. The fraction of sp³-hybridized carbons (Fsp3) is 0.562. The normalized spacial score (nSPS) is 11.4. The molecule has 3 nitrogen and oxygen atoms in total. The van der Waals surface area contributed by atoms with Gasteiger partial charge in [-0.05, 0) is 45.4 Å². The Bertz CT molecular complexity index is 376. The highest BCUT2D eigenvalue weighted by Crippen LogP contribution is 2.21. The third kappa shape index (κ3) is 5.03. The predicted molar refractivity (Wildman–Crippen MR) is 83.5 cm³/mol. The van der Waals surface area contributed by atoms with E-state index in [1.165, 1.54) is 5.56 Å². The van der Waals surface area contributed by atoms with Gasteiger partial charge in [0.2, 0.25) is 0 Å². The quantitative estimate of drug-likeness (QED) is 0.602. The molecule has 0 saturated carbocycles. The molecule has 0 aromatic carbocycles. The van der Waals surface area contributed by atoms with Crippen LogP contribution in [0.5, 0.6) is 0 Å². The van der Waals surface area contributed by atoms with Crippen LogP contribution in [-0.2, 0) is 6.54 Å². The molecule has 0 unspecified atom stereocenters. The van der Waals surface area contributed by atoms with Gasteiger partial charge in [0.05, 0.1) is 0 Å². The standard InChI is InChI=1S/C16H27N3/c1-6-10-17-12-14-8-9-15(18-13-14)19(11-7-2)16(3,4)5/h7-9,13,17H,2,6,10-12H2,1,3-5H3. The minimum Gasteiger partial charge on any atom is -0.348 e. The largest absolute Gasteiger partial charge is 0.348 e. The second kappa shape index (κ2) is 7.29. The van der Waals surface area contributed by atoms with Crippen LogP contribution in [0.15, 0.2) is 31.0 Å². The number of nitrogens with one attached hydrogen (secondary N) is 1. The lowest BCUT2D eigenvalue weighted by molar-refractivity contribution is 0.517. The minimum atomic E-state index is 0.0448. The van der Waals surface area contributed by atoms with E-state index < -0.39 is 0 Å². The van der Waals surface area contributed by atoms with Gasteiger partial charge in [-0.1, -0.05) is 19.1 Å². The van der Waals surface area contributed by atoms with Crippen molar-refractivity contribution in [1.82, 2.24) is 10.3 Å². The number of anilines is 1. The number of hydrogen-bond donors (Lipinski definition) is 1. The molecule has 1 rings (SSSR count). The summed E-state index contributed by atoms with van der Waals surface area (Å²) < 4.78 is 0. The molecule has 0 bridgehead atoms. The van der Waals surface area contributed by atoms with Crippen molar-refractivity contribution in [1.29, 1.82) is 0 Å². The average molecular weight is 261 g/mol. The van der Waals surface area contributed by atoms with E-state index in [-0.39, 0.29) is 5.54 Å². The lowest BCUT2D eigenvalue weighted by Gasteiger charge is -2.36. The highest BCUT2D eigenvalue weighted by atomic mass is 15.2. The van der Waals surface area contributed by atoms with Crippen LogP contribution in [-0.4, -0.2) is 23.6 Å². The molecule has 1 N–H and O–H groups in total. The summed E-state index contributed by atoms with van der Waals surface area (Å²) in [7, 11) is 0. The first-order valence-electron chi connectivity index (χ1n) is 7.03. The van der Waals surface area contributed by atoms with Crippen LogP contribution in [0.1, 0.15) is 39.7 Å². The Morgan fingerprint density at radius 3 is 2.58 bits per heavy atom. The summed E-state index contributed by atoms with van der Waals surface area (Å²) in [5.41, 5.74) is 1.27. The number of nitrogens with zero attached hydrogens (tertiary/aromatic N) is 2. The molecule has 0 radical (unpaired) electrons. The van der Waals surface area contributed by atoms with Crippen LogP contribution in [0.25, 0.3) is 0 Å². The lowest BCUT2D eigenvalue weighted by atomic mass is 10.1. The zero-order valence-corrected chi connectivity index (χ0v) is 12.7. The van der Waals surface area contributed by atoms with Crippen LogP contribution in [0.4, 0.5) is 5.82 Å². The Morgan fingerprint density at radius 2 is 2.11 bits per heavy atom. The number of rotatable bonds is 7. The second-order valence-electron chi connectivity index (χ2n) is 5.77. The summed E-state index contributed by atoms with van der Waals surface area (Å²) >= 11 is 0. The van der Waals surface area contributed by atoms with E-state index in [1.54, 1.807) is 0 Å². The number of pyridine rings is 1. The van der Waals surface area contributed by atoms with E-state index in [0.29, 0.717) is 0 Å². The van der Waals surface area contributed by atoms with Gasteiger partial charge in [-0.2, -0.15) is 0 Å². The summed E-state index contributed by atoms with van der Waals surface area (Å²) in [6.45, 7) is 15.3. The Hall–Kier alpha value is -1.35. The van der Waals surface area contributed by atoms with Crippen molar-refractivity contribution >= 4 is 5.82 Å². The van der Waals surface area contributed by atoms with Gasteiger partial charge in [0.25, 0.3) is 0 Å². The van der Waals surface area contributed by atoms with Crippen molar-refractivity contribution in [3.8, 4) is 0 Å². The number of hydrogen-bond acceptors (Lipinski definition) is 3. The maximum absolute atomic E-state index is 4.58. The molecule has 0 aliphatic rings. The molecular weight excluding hydrogens is 234 g/mol. The Kier molecular flexibility index (Phi) is 6.03. The SMILES string of the molecule is C=CCN(c1ccc(CNCCC)cn1)C(C)(C)C. The molecule has 106 valence electrons. The first kappa shape index (κ1) is 15.7. The van der Waals surface area contributed by atoms with Gasteiger partial charge in [-0.15, -0.1) is 6.58 Å². The van der Waals surface area contributed by atoms with Crippen molar-refractivity contribution in [2.45, 2.75) is 46.2 Å². The van der Waals surface area contributed by atoms with Crippen molar-refractivity contribution in [3.63, 3.8) is 0 Å². The van der Waals surface area contributed by atoms with Crippen LogP contribution in [0, 0.1) is 0 Å². The first-order valence-corrected chi connectivity index (χ1v) is 7.03. The van der Waals surface area contributed by atoms with E-state index >= 15 is 0 Å². The van der Waals surface area contributed by atoms with Gasteiger partial charge in [-0.3, -0.25) is 0 Å². The third-order valence-electron chi connectivity index (χ3n) is 2.96. The van der Waals surface area contributed by atoms with Crippen LogP contribution in [0.2, 0.25) is 0 Å². The van der Waals surface area contributed by atoms with Crippen molar-refractivity contribution < 1.29 is 0 Å². The van der Waals surface area contributed by atoms with E-state index in [9.17, 15) is 0 Å². The average Bonchev–Trinajstić information content (AvgIpc) is 2.36. The highest BCUT2D eigenvalue weighted by Gasteiger charge is 2.21. The molecule has 0 spiro atoms. The molecular formula is C16H27N3. The summed E-state index contributed by atoms with van der Waals surface area (Å²) in [5, 5.41) is 3.39. The van der Waals surface area contributed by atoms with E-state index in [0.717, 1.165) is 31.9 Å². The topological polar surface area (TPSA) is 28.2 Å². The maximum Gasteiger partial charge on any atom is 0.129 e. The zero-order chi connectivity index (χ0) is 14.3. The zero-order valence-electron chi connectivity index (χ0n) is 12.7. The van der Waals surface area contributed by atoms with E-state index in [4.69, 9.17) is 0 Å². The number of aromatic nitrogens is 1. The van der Waals surface area contributed by atoms with Gasteiger partial charge < -0.3 is 10.2 Å². The lowest BCUT2D eigenvalue weighted by Crippen LogP contribution is -2.42. The first-order chi connectivity index (χ1) is 8.99. The molecule has 0 aliphatic heterocycles. The van der Waals surface area contributed by atoms with Gasteiger partial charge >= 0.3 is 0 Å². The third-order valence-corrected chi connectivity index (χ3v) is 2.96. The minimum absolute atomic E-state index is 0.0448. The van der Waals surface area contributed by atoms with Gasteiger partial charge in [-0.25, -0.2) is 4.98 Å². The molecule has 3 heteroatoms. The Balaban J connectivity index is 2.75. The Labute approximate surface area is 117 Å². The summed E-state index contributed by atoms with van der Waals surface area (Å²) in [6, 6.07) is 4.24. The fourth-order valence-corrected chi connectivity index (χ4v) is 1.93. The molecule has 1 aromatic heterocycles. The second-order valence-corrected chi connectivity index (χ2v) is 5.77. The highest BCUT2D eigenvalue weighted by molar-refractivity contribution is 5.42. The molecule has 19 heavy (non-hydrogen) atoms. The predicted octanol–water partition coefficient (Wildman–Crippen LogP) is 3.37. The van der Waals surface area contributed by atoms with Gasteiger partial charge in [0, 0.05) is 24.8 Å². The maximum atomic E-state index is 4.58. The Morgan fingerprint density at radius 1 is 1.37 bits per heavy atom. The molecule has 0 fully saturated rings. The van der Waals surface area contributed by atoms with Crippen LogP contribution >= 0.6 is 0 Å². The van der Waals surface area contributed by atoms with Crippen LogP contribution < -0.4 is 10.2 Å². The molecule has 0 amide bonds. The molecule has 0 aliphatic carbocycles. The smallest absolute Gasteiger partial charge is 0.129 e. The van der Waals surface area contributed by atoms with Crippen LogP contribution in [0.3, 0.4) is 0 Å². The van der Waals surface area contributed by atoms with Gasteiger partial charge in [0.15, 0.2) is 0 Å². The molecule has 0 atom stereocenters. The van der Waals surface area contributed by atoms with E-state index in [1.807, 2.05) is 12.3 Å². The van der Waals surface area contributed by atoms with Crippen molar-refractivity contribution in [2.75, 3.05) is 18.0 Å². The summed E-state index contributed by atoms with van der Waals surface area (Å²) in [5.74, 6) is 1.01. The van der Waals surface area contributed by atoms with E-state index in [2.05, 4.69) is 61.6 Å². The fourth-order valence-electron chi connectivity index (χ4n) is 1.93. The molecule has 1 heterocycles. The molecule has 1 aromatic rings. The summed E-state index contributed by atoms with van der Waals surface area (Å²) in [4.78, 5) is 6.83. The van der Waals surface area contributed by atoms with Crippen molar-refractivity contribution in [2.24, 2.45) is 0 Å². The molecule has 0 saturated heterocycles.